The highest BCUT2D eigenvalue weighted by molar-refractivity contribution is 9.10. The summed E-state index contributed by atoms with van der Waals surface area (Å²) in [6.07, 6.45) is 5.14. The average molecular weight is 244 g/mol. The van der Waals surface area contributed by atoms with E-state index in [4.69, 9.17) is 10.2 Å². The third kappa shape index (κ3) is 1.97. The second-order valence-electron chi connectivity index (χ2n) is 3.71. The zero-order valence-corrected chi connectivity index (χ0v) is 9.09. The van der Waals surface area contributed by atoms with Crippen LogP contribution in [0.5, 0.6) is 0 Å². The lowest BCUT2D eigenvalue weighted by Crippen LogP contribution is -2.18. The fourth-order valence-corrected chi connectivity index (χ4v) is 2.38. The summed E-state index contributed by atoms with van der Waals surface area (Å²) in [6.45, 7) is 0. The van der Waals surface area contributed by atoms with Gasteiger partial charge in [0.15, 0.2) is 4.67 Å². The molecule has 1 aliphatic carbocycles. The fourth-order valence-electron chi connectivity index (χ4n) is 2.06. The lowest BCUT2D eigenvalue weighted by atomic mass is 9.97. The molecule has 0 bridgehead atoms. The molecule has 0 saturated heterocycles. The predicted octanol–water partition coefficient (Wildman–Crippen LogP) is 3.23. The second kappa shape index (κ2) is 3.84. The molecule has 1 atom stereocenters. The molecule has 0 radical (unpaired) electrons. The SMILES string of the molecule is NC(c1ccc(Br)o1)C1CCCC1. The maximum Gasteiger partial charge on any atom is 0.169 e. The van der Waals surface area contributed by atoms with Gasteiger partial charge in [-0.1, -0.05) is 12.8 Å². The molecule has 0 aromatic carbocycles. The molecule has 1 saturated carbocycles. The van der Waals surface area contributed by atoms with Crippen LogP contribution in [0.4, 0.5) is 0 Å². The molecule has 1 heterocycles. The lowest BCUT2D eigenvalue weighted by Gasteiger charge is -2.15. The van der Waals surface area contributed by atoms with Gasteiger partial charge < -0.3 is 10.2 Å². The van der Waals surface area contributed by atoms with Crippen LogP contribution in [0.15, 0.2) is 21.2 Å². The molecule has 1 aliphatic rings. The molecule has 13 heavy (non-hydrogen) atoms. The maximum atomic E-state index is 6.10. The highest BCUT2D eigenvalue weighted by Gasteiger charge is 2.25. The Morgan fingerprint density at radius 2 is 2.08 bits per heavy atom. The molecule has 1 aromatic heterocycles. The standard InChI is InChI=1S/C10H14BrNO/c11-9-6-5-8(13-9)10(12)7-3-1-2-4-7/h5-7,10H,1-4,12H2. The number of rotatable bonds is 2. The van der Waals surface area contributed by atoms with E-state index < -0.39 is 0 Å². The maximum absolute atomic E-state index is 6.10. The molecule has 2 N–H and O–H groups in total. The molecule has 1 aromatic rings. The zero-order valence-electron chi connectivity index (χ0n) is 7.50. The summed E-state index contributed by atoms with van der Waals surface area (Å²) in [5, 5.41) is 0. The van der Waals surface area contributed by atoms with Crippen molar-refractivity contribution in [1.29, 1.82) is 0 Å². The molecule has 0 aliphatic heterocycles. The van der Waals surface area contributed by atoms with Gasteiger partial charge in [0.1, 0.15) is 5.76 Å². The van der Waals surface area contributed by atoms with E-state index in [-0.39, 0.29) is 6.04 Å². The van der Waals surface area contributed by atoms with Crippen LogP contribution in [0, 0.1) is 5.92 Å². The van der Waals surface area contributed by atoms with Crippen LogP contribution in [0.3, 0.4) is 0 Å². The van der Waals surface area contributed by atoms with Crippen molar-refractivity contribution in [3.63, 3.8) is 0 Å². The van der Waals surface area contributed by atoms with E-state index in [9.17, 15) is 0 Å². The van der Waals surface area contributed by atoms with Crippen LogP contribution in [0.25, 0.3) is 0 Å². The number of hydrogen-bond acceptors (Lipinski definition) is 2. The Bertz CT molecular complexity index is 278. The Hall–Kier alpha value is -0.280. The Labute approximate surface area is 86.6 Å². The van der Waals surface area contributed by atoms with Gasteiger partial charge in [-0.05, 0) is 46.8 Å². The van der Waals surface area contributed by atoms with Crippen molar-refractivity contribution >= 4 is 15.9 Å². The van der Waals surface area contributed by atoms with Gasteiger partial charge in [-0.3, -0.25) is 0 Å². The molecule has 1 unspecified atom stereocenters. The van der Waals surface area contributed by atoms with Gasteiger partial charge in [-0.15, -0.1) is 0 Å². The van der Waals surface area contributed by atoms with Crippen LogP contribution in [0.2, 0.25) is 0 Å². The predicted molar refractivity (Wildman–Crippen MR) is 55.3 cm³/mol. The summed E-state index contributed by atoms with van der Waals surface area (Å²) >= 11 is 3.29. The van der Waals surface area contributed by atoms with E-state index in [2.05, 4.69) is 15.9 Å². The van der Waals surface area contributed by atoms with Gasteiger partial charge in [0.2, 0.25) is 0 Å². The lowest BCUT2D eigenvalue weighted by molar-refractivity contribution is 0.362. The molecule has 2 nitrogen and oxygen atoms in total. The van der Waals surface area contributed by atoms with E-state index in [1.54, 1.807) is 0 Å². The third-order valence-electron chi connectivity index (χ3n) is 2.83. The minimum absolute atomic E-state index is 0.0915. The van der Waals surface area contributed by atoms with Crippen molar-refractivity contribution in [3.8, 4) is 0 Å². The van der Waals surface area contributed by atoms with E-state index in [1.807, 2.05) is 12.1 Å². The number of furan rings is 1. The molecular weight excluding hydrogens is 230 g/mol. The molecule has 3 heteroatoms. The van der Waals surface area contributed by atoms with Crippen molar-refractivity contribution < 1.29 is 4.42 Å². The molecule has 0 amide bonds. The van der Waals surface area contributed by atoms with Gasteiger partial charge >= 0.3 is 0 Å². The summed E-state index contributed by atoms with van der Waals surface area (Å²) in [5.41, 5.74) is 6.10. The summed E-state index contributed by atoms with van der Waals surface area (Å²) in [7, 11) is 0. The first-order chi connectivity index (χ1) is 6.27. The van der Waals surface area contributed by atoms with Crippen LogP contribution in [-0.2, 0) is 0 Å². The Kier molecular flexibility index (Phi) is 2.74. The van der Waals surface area contributed by atoms with Crippen molar-refractivity contribution in [3.05, 3.63) is 22.6 Å². The van der Waals surface area contributed by atoms with Crippen molar-refractivity contribution in [2.75, 3.05) is 0 Å². The van der Waals surface area contributed by atoms with Crippen molar-refractivity contribution in [2.45, 2.75) is 31.7 Å². The summed E-state index contributed by atoms with van der Waals surface area (Å²) in [6, 6.07) is 3.96. The minimum atomic E-state index is 0.0915. The summed E-state index contributed by atoms with van der Waals surface area (Å²) in [4.78, 5) is 0. The van der Waals surface area contributed by atoms with Crippen LogP contribution in [-0.4, -0.2) is 0 Å². The Balaban J connectivity index is 2.07. The first kappa shape index (κ1) is 9.28. The summed E-state index contributed by atoms with van der Waals surface area (Å²) in [5.74, 6) is 1.54. The Morgan fingerprint density at radius 1 is 1.38 bits per heavy atom. The number of nitrogens with two attached hydrogens (primary N) is 1. The number of halogens is 1. The van der Waals surface area contributed by atoms with Gasteiger partial charge in [-0.25, -0.2) is 0 Å². The van der Waals surface area contributed by atoms with Crippen molar-refractivity contribution in [2.24, 2.45) is 11.7 Å². The van der Waals surface area contributed by atoms with E-state index >= 15 is 0 Å². The zero-order chi connectivity index (χ0) is 9.26. The monoisotopic (exact) mass is 243 g/mol. The second-order valence-corrected chi connectivity index (χ2v) is 4.49. The van der Waals surface area contributed by atoms with Gasteiger partial charge in [0, 0.05) is 0 Å². The fraction of sp³-hybridized carbons (Fsp3) is 0.600. The van der Waals surface area contributed by atoms with Gasteiger partial charge in [-0.2, -0.15) is 0 Å². The van der Waals surface area contributed by atoms with E-state index in [1.165, 1.54) is 25.7 Å². The number of hydrogen-bond donors (Lipinski definition) is 1. The van der Waals surface area contributed by atoms with Crippen molar-refractivity contribution in [1.82, 2.24) is 0 Å². The molecule has 72 valence electrons. The Morgan fingerprint density at radius 3 is 2.62 bits per heavy atom. The molecular formula is C10H14BrNO. The minimum Gasteiger partial charge on any atom is -0.453 e. The molecule has 2 rings (SSSR count). The van der Waals surface area contributed by atoms with Crippen LogP contribution >= 0.6 is 15.9 Å². The van der Waals surface area contributed by atoms with E-state index in [0.29, 0.717) is 5.92 Å². The first-order valence-electron chi connectivity index (χ1n) is 4.78. The largest absolute Gasteiger partial charge is 0.453 e. The van der Waals surface area contributed by atoms with Crippen LogP contribution in [0.1, 0.15) is 37.5 Å². The quantitative estimate of drug-likeness (QED) is 0.867. The topological polar surface area (TPSA) is 39.2 Å². The molecule has 1 fully saturated rings. The molecule has 0 spiro atoms. The van der Waals surface area contributed by atoms with Gasteiger partial charge in [0.05, 0.1) is 6.04 Å². The van der Waals surface area contributed by atoms with Crippen LogP contribution < -0.4 is 5.73 Å². The third-order valence-corrected chi connectivity index (χ3v) is 3.26. The average Bonchev–Trinajstić information content (AvgIpc) is 2.72. The van der Waals surface area contributed by atoms with Gasteiger partial charge in [0.25, 0.3) is 0 Å². The normalized spacial score (nSPS) is 20.8. The first-order valence-corrected chi connectivity index (χ1v) is 5.57. The highest BCUT2D eigenvalue weighted by Crippen LogP contribution is 2.35. The van der Waals surface area contributed by atoms with E-state index in [0.717, 1.165) is 10.4 Å². The highest BCUT2D eigenvalue weighted by atomic mass is 79.9. The smallest absolute Gasteiger partial charge is 0.169 e. The summed E-state index contributed by atoms with van der Waals surface area (Å²) < 4.78 is 6.22.